The lowest BCUT2D eigenvalue weighted by Gasteiger charge is -2.41. The fourth-order valence-corrected chi connectivity index (χ4v) is 9.64. The van der Waals surface area contributed by atoms with Crippen LogP contribution in [0.4, 0.5) is 15.8 Å². The maximum absolute atomic E-state index is 14.1. The third-order valence-corrected chi connectivity index (χ3v) is 11.8. The van der Waals surface area contributed by atoms with Crippen LogP contribution in [0, 0.1) is 11.7 Å². The van der Waals surface area contributed by atoms with E-state index in [0.717, 1.165) is 25.0 Å². The fourth-order valence-electron chi connectivity index (χ4n) is 6.09. The van der Waals surface area contributed by atoms with E-state index in [1.807, 2.05) is 0 Å². The van der Waals surface area contributed by atoms with Gasteiger partial charge in [-0.25, -0.2) is 21.2 Å². The van der Waals surface area contributed by atoms with Crippen LogP contribution in [-0.4, -0.2) is 40.3 Å². The van der Waals surface area contributed by atoms with E-state index in [1.165, 1.54) is 16.4 Å². The molecule has 1 atom stereocenters. The molecule has 1 amide bonds. The second-order valence-electron chi connectivity index (χ2n) is 10.5. The third-order valence-electron chi connectivity index (χ3n) is 8.09. The summed E-state index contributed by atoms with van der Waals surface area (Å²) in [6, 6.07) is 15.9. The van der Waals surface area contributed by atoms with Gasteiger partial charge >= 0.3 is 0 Å². The number of rotatable bonds is 5. The molecule has 1 aliphatic carbocycles. The van der Waals surface area contributed by atoms with Crippen LogP contribution in [0.25, 0.3) is 0 Å². The van der Waals surface area contributed by atoms with Crippen LogP contribution in [0.3, 0.4) is 0 Å². The molecule has 0 aromatic heterocycles. The Morgan fingerprint density at radius 2 is 1.69 bits per heavy atom. The monoisotopic (exact) mass is 588 g/mol. The molecule has 39 heavy (non-hydrogen) atoms. The summed E-state index contributed by atoms with van der Waals surface area (Å²) in [5.41, 5.74) is 1.19. The highest BCUT2D eigenvalue weighted by Gasteiger charge is 2.60. The largest absolute Gasteiger partial charge is 0.322 e. The Kier molecular flexibility index (Phi) is 6.28. The minimum Gasteiger partial charge on any atom is -0.322 e. The topological polar surface area (TPSA) is 101 Å². The molecule has 6 rings (SSSR count). The Morgan fingerprint density at radius 1 is 1.00 bits per heavy atom. The second-order valence-corrected chi connectivity index (χ2v) is 15.1. The first-order valence-corrected chi connectivity index (χ1v) is 16.4. The lowest BCUT2D eigenvalue weighted by molar-refractivity contribution is 0.102. The van der Waals surface area contributed by atoms with E-state index < -0.39 is 37.1 Å². The molecule has 1 unspecified atom stereocenters. The van der Waals surface area contributed by atoms with Gasteiger partial charge in [0.15, 0.2) is 0 Å². The smallest absolute Gasteiger partial charge is 0.264 e. The maximum atomic E-state index is 14.1. The number of fused-ring (bicyclic) bond motifs is 2. The average molecular weight is 589 g/mol. The predicted molar refractivity (Wildman–Crippen MR) is 148 cm³/mol. The molecule has 0 radical (unpaired) electrons. The van der Waals surface area contributed by atoms with Gasteiger partial charge in [0.25, 0.3) is 15.9 Å². The Labute approximate surface area is 232 Å². The summed E-state index contributed by atoms with van der Waals surface area (Å²) in [5, 5.41) is 3.30. The standard InChI is InChI=1S/C28H26ClFN2O5S2/c29-20-2-1-3-22(17-20)31-27(33)19-6-11-25-24(16-19)28(12-14-38(34,35)15-13-28)26(18-4-5-18)32(25)39(36,37)23-9-7-21(30)8-10-23/h1-3,6-11,16-18,26H,4-5,12-15H2,(H,31,33). The molecule has 1 saturated carbocycles. The van der Waals surface area contributed by atoms with Gasteiger partial charge in [0.2, 0.25) is 0 Å². The highest BCUT2D eigenvalue weighted by Crippen LogP contribution is 2.59. The van der Waals surface area contributed by atoms with Gasteiger partial charge in [-0.1, -0.05) is 17.7 Å². The van der Waals surface area contributed by atoms with E-state index in [-0.39, 0.29) is 41.1 Å². The minimum absolute atomic E-state index is 0.0382. The lowest BCUT2D eigenvalue weighted by Crippen LogP contribution is -2.52. The van der Waals surface area contributed by atoms with Gasteiger partial charge in [0, 0.05) is 21.7 Å². The Bertz CT molecular complexity index is 1680. The number of nitrogens with one attached hydrogen (secondary N) is 1. The van der Waals surface area contributed by atoms with E-state index >= 15 is 0 Å². The minimum atomic E-state index is -4.11. The summed E-state index contributed by atoms with van der Waals surface area (Å²) in [6.45, 7) is 0. The van der Waals surface area contributed by atoms with Gasteiger partial charge < -0.3 is 5.32 Å². The number of sulfone groups is 1. The molecule has 2 aliphatic heterocycles. The molecule has 204 valence electrons. The van der Waals surface area contributed by atoms with E-state index in [4.69, 9.17) is 11.6 Å². The molecular weight excluding hydrogens is 563 g/mol. The molecular formula is C28H26ClFN2O5S2. The van der Waals surface area contributed by atoms with Gasteiger partial charge in [-0.3, -0.25) is 9.10 Å². The SMILES string of the molecule is O=C(Nc1cccc(Cl)c1)c1ccc2c(c1)C1(CCS(=O)(=O)CC1)C(C1CC1)N2S(=O)(=O)c1ccc(F)cc1. The second kappa shape index (κ2) is 9.31. The molecule has 2 heterocycles. The molecule has 3 aromatic rings. The number of carbonyl (C=O) groups is 1. The first-order chi connectivity index (χ1) is 18.5. The van der Waals surface area contributed by atoms with Gasteiger partial charge in [0.1, 0.15) is 15.7 Å². The number of carbonyl (C=O) groups excluding carboxylic acids is 1. The van der Waals surface area contributed by atoms with Crippen molar-refractivity contribution in [3.05, 3.63) is 88.7 Å². The molecule has 1 N–H and O–H groups in total. The van der Waals surface area contributed by atoms with Crippen molar-refractivity contribution < 1.29 is 26.0 Å². The molecule has 0 bridgehead atoms. The van der Waals surface area contributed by atoms with Crippen molar-refractivity contribution >= 4 is 48.7 Å². The number of halogens is 2. The molecule has 1 saturated heterocycles. The Hall–Kier alpha value is -2.95. The van der Waals surface area contributed by atoms with Crippen LogP contribution in [0.15, 0.2) is 71.6 Å². The number of hydrogen-bond donors (Lipinski definition) is 1. The molecule has 11 heteroatoms. The zero-order chi connectivity index (χ0) is 27.6. The van der Waals surface area contributed by atoms with Crippen molar-refractivity contribution in [2.45, 2.75) is 42.0 Å². The quantitative estimate of drug-likeness (QED) is 0.443. The molecule has 7 nitrogen and oxygen atoms in total. The van der Waals surface area contributed by atoms with Crippen LogP contribution >= 0.6 is 11.6 Å². The number of amides is 1. The zero-order valence-electron chi connectivity index (χ0n) is 20.8. The summed E-state index contributed by atoms with van der Waals surface area (Å²) in [5.74, 6) is -0.990. The van der Waals surface area contributed by atoms with E-state index in [9.17, 15) is 26.0 Å². The third kappa shape index (κ3) is 4.62. The van der Waals surface area contributed by atoms with Crippen LogP contribution in [0.1, 0.15) is 41.6 Å². The van der Waals surface area contributed by atoms with Gasteiger partial charge in [-0.2, -0.15) is 0 Å². The summed E-state index contributed by atoms with van der Waals surface area (Å²) < 4.78 is 68.2. The van der Waals surface area contributed by atoms with Crippen molar-refractivity contribution in [1.29, 1.82) is 0 Å². The number of nitrogens with zero attached hydrogens (tertiary/aromatic N) is 1. The fraction of sp³-hybridized carbons (Fsp3) is 0.321. The first kappa shape index (κ1) is 26.3. The van der Waals surface area contributed by atoms with Crippen LogP contribution in [-0.2, 0) is 25.3 Å². The number of benzene rings is 3. The van der Waals surface area contributed by atoms with Crippen LogP contribution in [0.2, 0.25) is 5.02 Å². The summed E-state index contributed by atoms with van der Waals surface area (Å²) in [6.07, 6.45) is 2.17. The number of sulfonamides is 1. The average Bonchev–Trinajstić information content (AvgIpc) is 3.69. The molecule has 3 aliphatic rings. The number of hydrogen-bond acceptors (Lipinski definition) is 5. The van der Waals surface area contributed by atoms with Gasteiger partial charge in [-0.05, 0) is 97.8 Å². The molecule has 2 fully saturated rings. The van der Waals surface area contributed by atoms with Crippen LogP contribution < -0.4 is 9.62 Å². The zero-order valence-corrected chi connectivity index (χ0v) is 23.2. The van der Waals surface area contributed by atoms with Crippen molar-refractivity contribution in [1.82, 2.24) is 0 Å². The molecule has 3 aromatic carbocycles. The van der Waals surface area contributed by atoms with Crippen molar-refractivity contribution in [3.8, 4) is 0 Å². The Morgan fingerprint density at radius 3 is 2.33 bits per heavy atom. The normalized spacial score (nSPS) is 21.5. The van der Waals surface area contributed by atoms with Crippen molar-refractivity contribution in [3.63, 3.8) is 0 Å². The summed E-state index contributed by atoms with van der Waals surface area (Å²) >= 11 is 6.06. The van der Waals surface area contributed by atoms with Gasteiger partial charge in [0.05, 0.1) is 28.1 Å². The van der Waals surface area contributed by atoms with E-state index in [0.29, 0.717) is 27.5 Å². The lowest BCUT2D eigenvalue weighted by atomic mass is 9.70. The van der Waals surface area contributed by atoms with Gasteiger partial charge in [-0.15, -0.1) is 0 Å². The highest BCUT2D eigenvalue weighted by atomic mass is 35.5. The summed E-state index contributed by atoms with van der Waals surface area (Å²) in [4.78, 5) is 13.2. The van der Waals surface area contributed by atoms with E-state index in [2.05, 4.69) is 5.32 Å². The predicted octanol–water partition coefficient (Wildman–Crippen LogP) is 5.17. The van der Waals surface area contributed by atoms with E-state index in [1.54, 1.807) is 42.5 Å². The Balaban J connectivity index is 1.48. The summed E-state index contributed by atoms with van der Waals surface area (Å²) in [7, 11) is -7.37. The molecule has 1 spiro atoms. The van der Waals surface area contributed by atoms with Crippen molar-refractivity contribution in [2.75, 3.05) is 21.1 Å². The highest BCUT2D eigenvalue weighted by molar-refractivity contribution is 7.93. The number of anilines is 2. The van der Waals surface area contributed by atoms with Crippen molar-refractivity contribution in [2.24, 2.45) is 5.92 Å². The van der Waals surface area contributed by atoms with Crippen LogP contribution in [0.5, 0.6) is 0 Å². The maximum Gasteiger partial charge on any atom is 0.264 e. The first-order valence-electron chi connectivity index (χ1n) is 12.7.